The third-order valence-electron chi connectivity index (χ3n) is 4.78. The van der Waals surface area contributed by atoms with Crippen molar-refractivity contribution in [2.75, 3.05) is 122 Å². The Bertz CT molecular complexity index is 793. The molecule has 0 aliphatic rings. The summed E-state index contributed by atoms with van der Waals surface area (Å²) in [6.45, 7) is 8.02. The van der Waals surface area contributed by atoms with E-state index in [0.29, 0.717) is 99.0 Å². The SMILES string of the molecule is O=[N+]([O-])c1ccc(NCCOCCOCCOCCOCCOCCOCCOCCOCCI)c([N+](=O)[O-])c1. The third-order valence-corrected chi connectivity index (χ3v) is 5.22. The zero-order valence-electron chi connectivity index (χ0n) is 22.6. The molecule has 0 aliphatic heterocycles. The number of nitro groups is 2. The molecule has 0 saturated heterocycles. The molecule has 1 N–H and O–H groups in total. The number of hydrogen-bond donors (Lipinski definition) is 1. The molecule has 0 spiro atoms. The Morgan fingerprint density at radius 3 is 1.30 bits per heavy atom. The molecule has 230 valence electrons. The summed E-state index contributed by atoms with van der Waals surface area (Å²) in [5.74, 6) is 0. The average Bonchev–Trinajstić information content (AvgIpc) is 2.94. The fraction of sp³-hybridized carbons (Fsp3) is 0.750. The van der Waals surface area contributed by atoms with Crippen LogP contribution >= 0.6 is 22.6 Å². The van der Waals surface area contributed by atoms with Gasteiger partial charge in [0, 0.05) is 17.0 Å². The van der Waals surface area contributed by atoms with Gasteiger partial charge in [-0.2, -0.15) is 0 Å². The second-order valence-electron chi connectivity index (χ2n) is 7.73. The van der Waals surface area contributed by atoms with Gasteiger partial charge in [0.25, 0.3) is 11.4 Å². The monoisotopic (exact) mass is 689 g/mol. The van der Waals surface area contributed by atoms with Crippen LogP contribution in [0, 0.1) is 20.2 Å². The van der Waals surface area contributed by atoms with Gasteiger partial charge in [0.1, 0.15) is 5.69 Å². The molecule has 0 aliphatic carbocycles. The molecule has 0 aromatic heterocycles. The highest BCUT2D eigenvalue weighted by atomic mass is 127. The van der Waals surface area contributed by atoms with E-state index < -0.39 is 9.85 Å². The summed E-state index contributed by atoms with van der Waals surface area (Å²) in [4.78, 5) is 20.5. The Morgan fingerprint density at radius 1 is 0.575 bits per heavy atom. The molecule has 0 unspecified atom stereocenters. The van der Waals surface area contributed by atoms with Crippen LogP contribution in [0.3, 0.4) is 0 Å². The standard InChI is InChI=1S/C24H40IN3O12/c25-3-5-33-7-9-35-11-13-37-15-17-39-19-20-40-18-16-38-14-12-36-10-8-34-6-4-26-23-2-1-22(27(29)30)21-24(23)28(31)32/h1-2,21,26H,3-20H2. The van der Waals surface area contributed by atoms with E-state index in [9.17, 15) is 20.2 Å². The molecule has 0 atom stereocenters. The average molecular weight is 689 g/mol. The van der Waals surface area contributed by atoms with Crippen LogP contribution < -0.4 is 5.32 Å². The fourth-order valence-electron chi connectivity index (χ4n) is 2.89. The summed E-state index contributed by atoms with van der Waals surface area (Å²) in [5.41, 5.74) is -0.512. The van der Waals surface area contributed by atoms with Gasteiger partial charge in [-0.05, 0) is 6.07 Å². The van der Waals surface area contributed by atoms with Crippen LogP contribution in [-0.2, 0) is 37.9 Å². The highest BCUT2D eigenvalue weighted by Crippen LogP contribution is 2.28. The van der Waals surface area contributed by atoms with Crippen LogP contribution in [0.5, 0.6) is 0 Å². The molecule has 0 heterocycles. The lowest BCUT2D eigenvalue weighted by atomic mass is 10.2. The number of non-ortho nitro benzene ring substituents is 1. The predicted octanol–water partition coefficient (Wildman–Crippen LogP) is 2.48. The minimum Gasteiger partial charge on any atom is -0.378 e. The number of alkyl halides is 1. The lowest BCUT2D eigenvalue weighted by Gasteiger charge is -2.09. The molecule has 0 saturated carbocycles. The molecule has 0 radical (unpaired) electrons. The first-order valence-corrected chi connectivity index (χ1v) is 14.4. The second-order valence-corrected chi connectivity index (χ2v) is 8.81. The Kier molecular flexibility index (Phi) is 23.7. The molecule has 0 bridgehead atoms. The van der Waals surface area contributed by atoms with Gasteiger partial charge in [-0.15, -0.1) is 0 Å². The Labute approximate surface area is 247 Å². The highest BCUT2D eigenvalue weighted by Gasteiger charge is 2.18. The zero-order chi connectivity index (χ0) is 29.1. The van der Waals surface area contributed by atoms with E-state index in [-0.39, 0.29) is 23.7 Å². The molecule has 0 fully saturated rings. The Morgan fingerprint density at radius 2 is 0.950 bits per heavy atom. The lowest BCUT2D eigenvalue weighted by molar-refractivity contribution is -0.393. The number of benzene rings is 1. The van der Waals surface area contributed by atoms with Gasteiger partial charge < -0.3 is 43.2 Å². The van der Waals surface area contributed by atoms with Crippen molar-refractivity contribution in [2.45, 2.75) is 0 Å². The molecule has 40 heavy (non-hydrogen) atoms. The third kappa shape index (κ3) is 20.2. The van der Waals surface area contributed by atoms with Crippen LogP contribution in [0.15, 0.2) is 18.2 Å². The number of rotatable bonds is 29. The molecule has 16 heteroatoms. The summed E-state index contributed by atoms with van der Waals surface area (Å²) in [6, 6.07) is 3.43. The van der Waals surface area contributed by atoms with Crippen molar-refractivity contribution in [3.63, 3.8) is 0 Å². The maximum Gasteiger partial charge on any atom is 0.299 e. The number of hydrogen-bond acceptors (Lipinski definition) is 13. The van der Waals surface area contributed by atoms with Crippen molar-refractivity contribution in [2.24, 2.45) is 0 Å². The number of nitrogens with one attached hydrogen (secondary N) is 1. The number of halogens is 1. The van der Waals surface area contributed by atoms with Gasteiger partial charge in [-0.1, -0.05) is 22.6 Å². The van der Waals surface area contributed by atoms with Crippen molar-refractivity contribution < 1.29 is 47.7 Å². The molecule has 1 aromatic rings. The summed E-state index contributed by atoms with van der Waals surface area (Å²) >= 11 is 2.26. The van der Waals surface area contributed by atoms with E-state index in [2.05, 4.69) is 27.9 Å². The quantitative estimate of drug-likeness (QED) is 0.0428. The van der Waals surface area contributed by atoms with E-state index in [1.54, 1.807) is 0 Å². The summed E-state index contributed by atoms with van der Waals surface area (Å²) < 4.78 is 44.2. The van der Waals surface area contributed by atoms with Gasteiger partial charge in [0.2, 0.25) is 0 Å². The smallest absolute Gasteiger partial charge is 0.299 e. The molecular formula is C24H40IN3O12. The van der Waals surface area contributed by atoms with Crippen molar-refractivity contribution in [3.05, 3.63) is 38.4 Å². The van der Waals surface area contributed by atoms with Crippen LogP contribution in [0.1, 0.15) is 0 Å². The van der Waals surface area contributed by atoms with E-state index in [4.69, 9.17) is 37.9 Å². The van der Waals surface area contributed by atoms with Crippen molar-refractivity contribution in [1.82, 2.24) is 0 Å². The fourth-order valence-corrected chi connectivity index (χ4v) is 3.20. The van der Waals surface area contributed by atoms with Gasteiger partial charge in [-0.3, -0.25) is 20.2 Å². The zero-order valence-corrected chi connectivity index (χ0v) is 24.8. The van der Waals surface area contributed by atoms with Crippen molar-refractivity contribution >= 4 is 39.7 Å². The van der Waals surface area contributed by atoms with E-state index >= 15 is 0 Å². The van der Waals surface area contributed by atoms with E-state index in [1.807, 2.05) is 0 Å². The predicted molar refractivity (Wildman–Crippen MR) is 154 cm³/mol. The van der Waals surface area contributed by atoms with Crippen molar-refractivity contribution in [3.8, 4) is 0 Å². The first-order valence-electron chi connectivity index (χ1n) is 12.9. The van der Waals surface area contributed by atoms with E-state index in [0.717, 1.165) is 17.1 Å². The molecule has 15 nitrogen and oxygen atoms in total. The van der Waals surface area contributed by atoms with Gasteiger partial charge in [-0.25, -0.2) is 0 Å². The normalized spacial score (nSPS) is 11.1. The largest absolute Gasteiger partial charge is 0.378 e. The topological polar surface area (TPSA) is 172 Å². The summed E-state index contributed by atoms with van der Waals surface area (Å²) in [7, 11) is 0. The first kappa shape index (κ1) is 36.3. The Balaban J connectivity index is 1.80. The maximum atomic E-state index is 11.1. The van der Waals surface area contributed by atoms with Gasteiger partial charge >= 0.3 is 0 Å². The number of nitro benzene ring substituents is 2. The number of ether oxygens (including phenoxy) is 8. The molecule has 0 amide bonds. The second kappa shape index (κ2) is 26.1. The minimum absolute atomic E-state index is 0.190. The molecule has 1 rings (SSSR count). The lowest BCUT2D eigenvalue weighted by Crippen LogP contribution is -2.15. The summed E-state index contributed by atoms with van der Waals surface area (Å²) in [6.07, 6.45) is 0. The molecule has 1 aromatic carbocycles. The minimum atomic E-state index is -0.680. The van der Waals surface area contributed by atoms with Gasteiger partial charge in [0.05, 0.1) is 122 Å². The van der Waals surface area contributed by atoms with Gasteiger partial charge in [0.15, 0.2) is 0 Å². The molecular weight excluding hydrogens is 649 g/mol. The number of anilines is 1. The maximum absolute atomic E-state index is 11.1. The first-order chi connectivity index (χ1) is 19.6. The van der Waals surface area contributed by atoms with Crippen LogP contribution in [-0.4, -0.2) is 127 Å². The van der Waals surface area contributed by atoms with Crippen LogP contribution in [0.2, 0.25) is 0 Å². The highest BCUT2D eigenvalue weighted by molar-refractivity contribution is 14.1. The van der Waals surface area contributed by atoms with Crippen molar-refractivity contribution in [1.29, 1.82) is 0 Å². The van der Waals surface area contributed by atoms with E-state index in [1.165, 1.54) is 12.1 Å². The number of nitrogens with zero attached hydrogens (tertiary/aromatic N) is 2. The van der Waals surface area contributed by atoms with Crippen LogP contribution in [0.25, 0.3) is 0 Å². The Hall–Kier alpha value is -1.77. The van der Waals surface area contributed by atoms with Crippen LogP contribution in [0.4, 0.5) is 17.1 Å². The summed E-state index contributed by atoms with van der Waals surface area (Å²) in [5, 5.41) is 24.7.